The number of anilines is 2. The van der Waals surface area contributed by atoms with Crippen molar-refractivity contribution in [2.24, 2.45) is 7.05 Å². The number of nitrogens with one attached hydrogen (secondary N) is 2. The number of aryl methyl sites for hydroxylation is 1. The average molecular weight is 456 g/mol. The van der Waals surface area contributed by atoms with Gasteiger partial charge < -0.3 is 10.6 Å². The van der Waals surface area contributed by atoms with Gasteiger partial charge in [-0.1, -0.05) is 29.8 Å². The van der Waals surface area contributed by atoms with Crippen molar-refractivity contribution in [2.75, 3.05) is 10.2 Å². The Labute approximate surface area is 189 Å². The Morgan fingerprint density at radius 2 is 2.00 bits per heavy atom. The van der Waals surface area contributed by atoms with Gasteiger partial charge in [0.15, 0.2) is 5.11 Å². The third-order valence-corrected chi connectivity index (χ3v) is 5.57. The maximum absolute atomic E-state index is 13.7. The number of hydrogen-bond acceptors (Lipinski definition) is 3. The first-order chi connectivity index (χ1) is 14.8. The Morgan fingerprint density at radius 1 is 1.26 bits per heavy atom. The van der Waals surface area contributed by atoms with Gasteiger partial charge in [0.25, 0.3) is 5.91 Å². The molecule has 0 saturated heterocycles. The summed E-state index contributed by atoms with van der Waals surface area (Å²) in [5.41, 5.74) is 3.08. The molecule has 1 aliphatic heterocycles. The van der Waals surface area contributed by atoms with Crippen LogP contribution in [-0.2, 0) is 11.8 Å². The highest BCUT2D eigenvalue weighted by Gasteiger charge is 2.35. The van der Waals surface area contributed by atoms with Gasteiger partial charge >= 0.3 is 0 Å². The molecule has 1 atom stereocenters. The first-order valence-electron chi connectivity index (χ1n) is 9.46. The van der Waals surface area contributed by atoms with E-state index in [9.17, 15) is 9.18 Å². The van der Waals surface area contributed by atoms with E-state index in [-0.39, 0.29) is 10.9 Å². The molecule has 0 aliphatic carbocycles. The molecule has 1 amide bonds. The van der Waals surface area contributed by atoms with E-state index in [4.69, 9.17) is 23.8 Å². The lowest BCUT2D eigenvalue weighted by Gasteiger charge is -2.37. The molecule has 9 heteroatoms. The molecule has 1 aromatic heterocycles. The molecule has 2 heterocycles. The Kier molecular flexibility index (Phi) is 5.75. The van der Waals surface area contributed by atoms with Crippen molar-refractivity contribution in [3.05, 3.63) is 88.6 Å². The summed E-state index contributed by atoms with van der Waals surface area (Å²) < 4.78 is 15.4. The fourth-order valence-electron chi connectivity index (χ4n) is 3.53. The number of benzene rings is 2. The Morgan fingerprint density at radius 3 is 2.65 bits per heavy atom. The molecule has 0 spiro atoms. The summed E-state index contributed by atoms with van der Waals surface area (Å²) >= 11 is 11.6. The largest absolute Gasteiger partial charge is 0.351 e. The number of halogens is 2. The minimum absolute atomic E-state index is 0.0298. The fourth-order valence-corrected chi connectivity index (χ4v) is 4.07. The van der Waals surface area contributed by atoms with Crippen LogP contribution in [-0.4, -0.2) is 20.8 Å². The van der Waals surface area contributed by atoms with Crippen molar-refractivity contribution in [3.8, 4) is 0 Å². The summed E-state index contributed by atoms with van der Waals surface area (Å²) in [7, 11) is 1.80. The lowest BCUT2D eigenvalue weighted by molar-refractivity contribution is -0.113. The molecule has 0 radical (unpaired) electrons. The van der Waals surface area contributed by atoms with E-state index in [1.807, 2.05) is 36.5 Å². The average Bonchev–Trinajstić information content (AvgIpc) is 3.17. The Balaban J connectivity index is 1.81. The fraction of sp³-hybridized carbons (Fsp3) is 0.136. The molecule has 2 N–H and O–H groups in total. The maximum atomic E-state index is 13.7. The zero-order chi connectivity index (χ0) is 22.1. The zero-order valence-corrected chi connectivity index (χ0v) is 18.3. The number of carbonyl (C=O) groups is 1. The topological polar surface area (TPSA) is 62.2 Å². The van der Waals surface area contributed by atoms with E-state index in [0.29, 0.717) is 27.8 Å². The van der Waals surface area contributed by atoms with Crippen LogP contribution in [0.5, 0.6) is 0 Å². The smallest absolute Gasteiger partial charge is 0.255 e. The predicted octanol–water partition coefficient (Wildman–Crippen LogP) is 4.56. The van der Waals surface area contributed by atoms with Crippen LogP contribution in [0.15, 0.2) is 72.2 Å². The second-order valence-corrected chi connectivity index (χ2v) is 7.88. The second-order valence-electron chi connectivity index (χ2n) is 7.08. The van der Waals surface area contributed by atoms with Gasteiger partial charge in [0.1, 0.15) is 5.82 Å². The molecule has 6 nitrogen and oxygen atoms in total. The first-order valence-corrected chi connectivity index (χ1v) is 10.2. The molecule has 1 unspecified atom stereocenters. The number of carbonyl (C=O) groups excluding carboxylic acids is 1. The number of aromatic nitrogens is 2. The van der Waals surface area contributed by atoms with Crippen molar-refractivity contribution in [1.82, 2.24) is 15.1 Å². The molecular formula is C22H19ClFN5OS. The number of rotatable bonds is 4. The Hall–Kier alpha value is -3.23. The molecule has 3 aromatic rings. The van der Waals surface area contributed by atoms with Gasteiger partial charge in [-0.25, -0.2) is 4.39 Å². The van der Waals surface area contributed by atoms with E-state index >= 15 is 0 Å². The highest BCUT2D eigenvalue weighted by molar-refractivity contribution is 7.80. The summed E-state index contributed by atoms with van der Waals surface area (Å²) in [5.74, 6) is -0.816. The standard InChI is InChI=1S/C22H19ClFN5OS/c1-13-19(21(30)26-15-6-4-3-5-7-15)20(14-11-25-28(2)12-14)27-22(31)29(13)16-8-9-18(24)17(23)10-16/h3-12,20H,1-2H3,(H,26,30)(H,27,31). The molecule has 0 saturated carbocycles. The van der Waals surface area contributed by atoms with Gasteiger partial charge in [-0.2, -0.15) is 5.10 Å². The van der Waals surface area contributed by atoms with Crippen LogP contribution in [0.4, 0.5) is 15.8 Å². The zero-order valence-electron chi connectivity index (χ0n) is 16.8. The van der Waals surface area contributed by atoms with Gasteiger partial charge in [-0.3, -0.25) is 14.4 Å². The summed E-state index contributed by atoms with van der Waals surface area (Å²) in [6.45, 7) is 1.80. The molecule has 0 fully saturated rings. The molecule has 4 rings (SSSR count). The third-order valence-electron chi connectivity index (χ3n) is 4.98. The lowest BCUT2D eigenvalue weighted by atomic mass is 9.96. The minimum atomic E-state index is -0.529. The van der Waals surface area contributed by atoms with E-state index < -0.39 is 11.9 Å². The van der Waals surface area contributed by atoms with Crippen LogP contribution in [0.2, 0.25) is 5.02 Å². The predicted molar refractivity (Wildman–Crippen MR) is 123 cm³/mol. The van der Waals surface area contributed by atoms with Crippen LogP contribution in [0, 0.1) is 5.82 Å². The van der Waals surface area contributed by atoms with Gasteiger partial charge in [0.2, 0.25) is 0 Å². The van der Waals surface area contributed by atoms with Crippen molar-refractivity contribution in [3.63, 3.8) is 0 Å². The summed E-state index contributed by atoms with van der Waals surface area (Å²) in [5, 5.41) is 10.7. The number of hydrogen-bond donors (Lipinski definition) is 2. The van der Waals surface area contributed by atoms with Gasteiger partial charge in [0, 0.05) is 35.9 Å². The number of amides is 1. The number of para-hydroxylation sites is 1. The van der Waals surface area contributed by atoms with Gasteiger partial charge in [0.05, 0.1) is 22.8 Å². The van der Waals surface area contributed by atoms with E-state index in [0.717, 1.165) is 5.56 Å². The molecule has 158 valence electrons. The van der Waals surface area contributed by atoms with Gasteiger partial charge in [-0.15, -0.1) is 0 Å². The highest BCUT2D eigenvalue weighted by atomic mass is 35.5. The Bertz CT molecular complexity index is 1190. The quantitative estimate of drug-likeness (QED) is 0.565. The third kappa shape index (κ3) is 4.17. The maximum Gasteiger partial charge on any atom is 0.255 e. The summed E-state index contributed by atoms with van der Waals surface area (Å²) in [6, 6.07) is 13.0. The minimum Gasteiger partial charge on any atom is -0.351 e. The molecule has 0 bridgehead atoms. The number of allylic oxidation sites excluding steroid dienone is 1. The summed E-state index contributed by atoms with van der Waals surface area (Å²) in [6.07, 6.45) is 3.52. The molecule has 1 aliphatic rings. The van der Waals surface area contributed by atoms with E-state index in [2.05, 4.69) is 15.7 Å². The van der Waals surface area contributed by atoms with E-state index in [1.165, 1.54) is 12.1 Å². The first kappa shape index (κ1) is 21.0. The van der Waals surface area contributed by atoms with Crippen molar-refractivity contribution in [1.29, 1.82) is 0 Å². The lowest BCUT2D eigenvalue weighted by Crippen LogP contribution is -2.48. The second kappa shape index (κ2) is 8.49. The number of thiocarbonyl (C=S) groups is 1. The van der Waals surface area contributed by atoms with Crippen LogP contribution >= 0.6 is 23.8 Å². The van der Waals surface area contributed by atoms with E-state index in [1.54, 1.807) is 35.8 Å². The SMILES string of the molecule is CC1=C(C(=O)Nc2ccccc2)C(c2cnn(C)c2)NC(=S)N1c1ccc(F)c(Cl)c1. The normalized spacial score (nSPS) is 16.3. The van der Waals surface area contributed by atoms with Crippen molar-refractivity contribution in [2.45, 2.75) is 13.0 Å². The van der Waals surface area contributed by atoms with Crippen molar-refractivity contribution >= 4 is 46.2 Å². The summed E-state index contributed by atoms with van der Waals surface area (Å²) in [4.78, 5) is 15.1. The van der Waals surface area contributed by atoms with Crippen LogP contribution in [0.1, 0.15) is 18.5 Å². The van der Waals surface area contributed by atoms with Crippen LogP contribution < -0.4 is 15.5 Å². The van der Waals surface area contributed by atoms with Gasteiger partial charge in [-0.05, 0) is 49.5 Å². The monoisotopic (exact) mass is 455 g/mol. The van der Waals surface area contributed by atoms with Crippen LogP contribution in [0.3, 0.4) is 0 Å². The van der Waals surface area contributed by atoms with Crippen molar-refractivity contribution < 1.29 is 9.18 Å². The molecule has 31 heavy (non-hydrogen) atoms. The molecule has 2 aromatic carbocycles. The highest BCUT2D eigenvalue weighted by Crippen LogP contribution is 2.35. The molecular weight excluding hydrogens is 437 g/mol. The van der Waals surface area contributed by atoms with Crippen LogP contribution in [0.25, 0.3) is 0 Å². The number of nitrogens with zero attached hydrogens (tertiary/aromatic N) is 3.